The van der Waals surface area contributed by atoms with E-state index >= 15 is 0 Å². The second-order valence-corrected chi connectivity index (χ2v) is 7.11. The average molecular weight is 433 g/mol. The van der Waals surface area contributed by atoms with E-state index in [0.29, 0.717) is 32.7 Å². The van der Waals surface area contributed by atoms with E-state index in [4.69, 9.17) is 10.5 Å². The van der Waals surface area contributed by atoms with E-state index in [1.807, 2.05) is 24.3 Å². The number of rotatable bonds is 6. The van der Waals surface area contributed by atoms with E-state index in [-0.39, 0.29) is 48.6 Å². The summed E-state index contributed by atoms with van der Waals surface area (Å²) in [6, 6.07) is 7.90. The molecule has 0 spiro atoms. The Morgan fingerprint density at radius 3 is 2.79 bits per heavy atom. The van der Waals surface area contributed by atoms with Gasteiger partial charge in [0, 0.05) is 37.8 Å². The van der Waals surface area contributed by atoms with Gasteiger partial charge in [-0.3, -0.25) is 14.5 Å². The number of amides is 2. The van der Waals surface area contributed by atoms with Gasteiger partial charge in [0.1, 0.15) is 0 Å². The van der Waals surface area contributed by atoms with E-state index in [0.717, 1.165) is 37.2 Å². The zero-order valence-corrected chi connectivity index (χ0v) is 17.5. The molecule has 2 unspecified atom stereocenters. The number of likely N-dealkylation sites (tertiary alicyclic amines) is 1. The number of anilines is 1. The van der Waals surface area contributed by atoms with Gasteiger partial charge in [0.2, 0.25) is 11.8 Å². The van der Waals surface area contributed by atoms with Crippen LogP contribution in [0.5, 0.6) is 0 Å². The van der Waals surface area contributed by atoms with Gasteiger partial charge in [-0.1, -0.05) is 18.2 Å². The Morgan fingerprint density at radius 2 is 2.07 bits per heavy atom. The molecule has 9 heteroatoms. The highest BCUT2D eigenvalue weighted by atomic mass is 35.5. The van der Waals surface area contributed by atoms with Crippen LogP contribution in [-0.2, 0) is 20.9 Å². The summed E-state index contributed by atoms with van der Waals surface area (Å²) in [6.07, 6.45) is 2.22. The van der Waals surface area contributed by atoms with Crippen LogP contribution >= 0.6 is 24.8 Å². The third-order valence-electron chi connectivity index (χ3n) is 5.02. The summed E-state index contributed by atoms with van der Waals surface area (Å²) in [5, 5.41) is 6.32. The number of halogens is 2. The molecule has 2 aliphatic rings. The first-order valence-electron chi connectivity index (χ1n) is 9.32. The second-order valence-electron chi connectivity index (χ2n) is 7.11. The molecular formula is C19H30Cl2N4O3. The third-order valence-corrected chi connectivity index (χ3v) is 5.02. The smallest absolute Gasteiger partial charge is 0.226 e. The largest absolute Gasteiger partial charge is 0.378 e. The molecule has 2 amide bonds. The number of nitrogens with two attached hydrogens (primary N) is 1. The molecule has 0 radical (unpaired) electrons. The van der Waals surface area contributed by atoms with Crippen LogP contribution in [0.2, 0.25) is 0 Å². The number of carbonyl (C=O) groups excluding carboxylic acids is 2. The summed E-state index contributed by atoms with van der Waals surface area (Å²) in [4.78, 5) is 26.1. The Bertz CT molecular complexity index is 641. The Kier molecular flexibility index (Phi) is 10.8. The number of morpholine rings is 1. The minimum atomic E-state index is -0.224. The Morgan fingerprint density at radius 1 is 1.29 bits per heavy atom. The predicted octanol–water partition coefficient (Wildman–Crippen LogP) is 1.54. The highest BCUT2D eigenvalue weighted by Gasteiger charge is 2.24. The van der Waals surface area contributed by atoms with Gasteiger partial charge in [-0.25, -0.2) is 0 Å². The first-order chi connectivity index (χ1) is 12.6. The minimum absolute atomic E-state index is 0. The van der Waals surface area contributed by atoms with Crippen molar-refractivity contribution in [3.05, 3.63) is 29.8 Å². The van der Waals surface area contributed by atoms with Crippen molar-refractivity contribution in [1.29, 1.82) is 0 Å². The van der Waals surface area contributed by atoms with Crippen molar-refractivity contribution >= 4 is 42.3 Å². The lowest BCUT2D eigenvalue weighted by atomic mass is 9.97. The molecule has 0 aliphatic carbocycles. The topological polar surface area (TPSA) is 96.7 Å². The molecule has 2 aliphatic heterocycles. The van der Waals surface area contributed by atoms with Gasteiger partial charge in [0.15, 0.2) is 0 Å². The highest BCUT2D eigenvalue weighted by Crippen LogP contribution is 2.22. The number of nitrogens with one attached hydrogen (secondary N) is 2. The average Bonchev–Trinajstić information content (AvgIpc) is 2.64. The lowest BCUT2D eigenvalue weighted by Gasteiger charge is -2.31. The molecule has 4 N–H and O–H groups in total. The normalized spacial score (nSPS) is 22.4. The summed E-state index contributed by atoms with van der Waals surface area (Å²) in [6.45, 7) is 4.37. The van der Waals surface area contributed by atoms with E-state index < -0.39 is 0 Å². The lowest BCUT2D eigenvalue weighted by Crippen LogP contribution is -2.43. The molecule has 2 heterocycles. The standard InChI is InChI=1S/C19H28N4O3.2ClH/c20-19(25)15-5-3-8-23(12-15)11-14-4-1-2-6-17(14)22-18(24)10-16-13-26-9-7-21-16;;/h1-2,4,6,15-16,21H,3,5,7-13H2,(H2,20,25)(H,22,24);2*1H. The van der Waals surface area contributed by atoms with E-state index in [2.05, 4.69) is 15.5 Å². The molecule has 0 aromatic heterocycles. The molecule has 2 fully saturated rings. The Hall–Kier alpha value is -1.38. The second kappa shape index (κ2) is 12.2. The highest BCUT2D eigenvalue weighted by molar-refractivity contribution is 5.91. The van der Waals surface area contributed by atoms with Crippen LogP contribution < -0.4 is 16.4 Å². The van der Waals surface area contributed by atoms with Crippen LogP contribution in [0.1, 0.15) is 24.8 Å². The number of para-hydroxylation sites is 1. The molecule has 0 saturated carbocycles. The zero-order valence-electron chi connectivity index (χ0n) is 15.9. The summed E-state index contributed by atoms with van der Waals surface area (Å²) in [5.74, 6) is -0.324. The van der Waals surface area contributed by atoms with Crippen LogP contribution in [0, 0.1) is 5.92 Å². The fourth-order valence-electron chi connectivity index (χ4n) is 3.63. The van der Waals surface area contributed by atoms with Crippen molar-refractivity contribution in [1.82, 2.24) is 10.2 Å². The summed E-state index contributed by atoms with van der Waals surface area (Å²) in [7, 11) is 0. The molecule has 158 valence electrons. The zero-order chi connectivity index (χ0) is 18.4. The van der Waals surface area contributed by atoms with Crippen molar-refractivity contribution < 1.29 is 14.3 Å². The molecule has 0 bridgehead atoms. The number of piperidine rings is 1. The Balaban J connectivity index is 0.00000196. The number of benzene rings is 1. The number of hydrogen-bond donors (Lipinski definition) is 3. The Labute approximate surface area is 178 Å². The first kappa shape index (κ1) is 24.7. The molecule has 7 nitrogen and oxygen atoms in total. The summed E-state index contributed by atoms with van der Waals surface area (Å²) < 4.78 is 5.40. The van der Waals surface area contributed by atoms with Gasteiger partial charge in [-0.05, 0) is 31.0 Å². The fraction of sp³-hybridized carbons (Fsp3) is 0.579. The number of nitrogens with zero attached hydrogens (tertiary/aromatic N) is 1. The van der Waals surface area contributed by atoms with Crippen molar-refractivity contribution in [3.8, 4) is 0 Å². The monoisotopic (exact) mass is 432 g/mol. The molecule has 2 atom stereocenters. The van der Waals surface area contributed by atoms with Crippen LogP contribution in [0.15, 0.2) is 24.3 Å². The van der Waals surface area contributed by atoms with Crippen molar-refractivity contribution in [3.63, 3.8) is 0 Å². The molecule has 1 aromatic carbocycles. The molecular weight excluding hydrogens is 403 g/mol. The lowest BCUT2D eigenvalue weighted by molar-refractivity contribution is -0.123. The maximum atomic E-state index is 12.4. The molecule has 2 saturated heterocycles. The van der Waals surface area contributed by atoms with Crippen molar-refractivity contribution in [2.45, 2.75) is 31.8 Å². The van der Waals surface area contributed by atoms with Gasteiger partial charge in [0.25, 0.3) is 0 Å². The van der Waals surface area contributed by atoms with Crippen molar-refractivity contribution in [2.75, 3.05) is 38.2 Å². The van der Waals surface area contributed by atoms with Crippen LogP contribution in [0.4, 0.5) is 5.69 Å². The van der Waals surface area contributed by atoms with Gasteiger partial charge < -0.3 is 21.1 Å². The number of ether oxygens (including phenoxy) is 1. The molecule has 3 rings (SSSR count). The van der Waals surface area contributed by atoms with E-state index in [1.54, 1.807) is 0 Å². The predicted molar refractivity (Wildman–Crippen MR) is 114 cm³/mol. The van der Waals surface area contributed by atoms with E-state index in [1.165, 1.54) is 0 Å². The van der Waals surface area contributed by atoms with E-state index in [9.17, 15) is 9.59 Å². The number of carbonyl (C=O) groups is 2. The SMILES string of the molecule is Cl.Cl.NC(=O)C1CCCN(Cc2ccccc2NC(=O)CC2COCCN2)C1. The molecule has 1 aromatic rings. The van der Waals surface area contributed by atoms with Crippen LogP contribution in [0.25, 0.3) is 0 Å². The summed E-state index contributed by atoms with van der Waals surface area (Å²) in [5.41, 5.74) is 7.35. The van der Waals surface area contributed by atoms with Gasteiger partial charge in [-0.2, -0.15) is 0 Å². The number of primary amides is 1. The maximum Gasteiger partial charge on any atom is 0.226 e. The quantitative estimate of drug-likeness (QED) is 0.633. The van der Waals surface area contributed by atoms with Gasteiger partial charge >= 0.3 is 0 Å². The molecule has 28 heavy (non-hydrogen) atoms. The van der Waals surface area contributed by atoms with Gasteiger partial charge in [-0.15, -0.1) is 24.8 Å². The van der Waals surface area contributed by atoms with Crippen LogP contribution in [0.3, 0.4) is 0 Å². The van der Waals surface area contributed by atoms with Crippen LogP contribution in [-0.4, -0.2) is 55.6 Å². The minimum Gasteiger partial charge on any atom is -0.378 e. The van der Waals surface area contributed by atoms with Gasteiger partial charge in [0.05, 0.1) is 19.1 Å². The summed E-state index contributed by atoms with van der Waals surface area (Å²) >= 11 is 0. The van der Waals surface area contributed by atoms with Crippen molar-refractivity contribution in [2.24, 2.45) is 11.7 Å². The number of hydrogen-bond acceptors (Lipinski definition) is 5. The third kappa shape index (κ3) is 7.22. The first-order valence-corrected chi connectivity index (χ1v) is 9.32. The maximum absolute atomic E-state index is 12.4. The fourth-order valence-corrected chi connectivity index (χ4v) is 3.63.